The number of aliphatic imine (C=N–C) groups is 1. The molecule has 0 saturated carbocycles. The third kappa shape index (κ3) is 2.89. The zero-order chi connectivity index (χ0) is 10.6. The third-order valence-electron chi connectivity index (χ3n) is 1.56. The topological polar surface area (TPSA) is 47.6 Å². The molecule has 0 aliphatic heterocycles. The summed E-state index contributed by atoms with van der Waals surface area (Å²) in [6.07, 6.45) is 0. The number of alkyl halides is 1. The normalized spacial score (nSPS) is 11.5. The highest BCUT2D eigenvalue weighted by atomic mass is 79.9. The summed E-state index contributed by atoms with van der Waals surface area (Å²) < 4.78 is 5.87. The molecule has 1 aromatic carbocycles. The van der Waals surface area contributed by atoms with Crippen molar-refractivity contribution in [3.8, 4) is 5.75 Å². The fourth-order valence-electron chi connectivity index (χ4n) is 0.890. The molecule has 1 aromatic rings. The van der Waals surface area contributed by atoms with Crippen LogP contribution in [0.2, 0.25) is 0 Å². The van der Waals surface area contributed by atoms with Crippen LogP contribution >= 0.6 is 27.5 Å². The molecular formula is C9H10BrClN2O. The highest BCUT2D eigenvalue weighted by Crippen LogP contribution is 2.29. The summed E-state index contributed by atoms with van der Waals surface area (Å²) in [5.41, 5.74) is 6.25. The molecule has 5 heteroatoms. The number of rotatable bonds is 3. The first kappa shape index (κ1) is 11.3. The molecule has 3 nitrogen and oxygen atoms in total. The molecule has 0 atom stereocenters. The van der Waals surface area contributed by atoms with Crippen molar-refractivity contribution in [3.05, 3.63) is 22.7 Å². The maximum atomic E-state index is 5.52. The Balaban J connectivity index is 3.00. The van der Waals surface area contributed by atoms with E-state index in [0.29, 0.717) is 5.84 Å². The van der Waals surface area contributed by atoms with Gasteiger partial charge in [0.05, 0.1) is 18.7 Å². The van der Waals surface area contributed by atoms with Crippen LogP contribution in [-0.2, 0) is 0 Å². The molecule has 0 aliphatic rings. The van der Waals surface area contributed by atoms with E-state index < -0.39 is 0 Å². The zero-order valence-electron chi connectivity index (χ0n) is 7.63. The lowest BCUT2D eigenvalue weighted by atomic mass is 10.3. The van der Waals surface area contributed by atoms with Crippen LogP contribution < -0.4 is 10.5 Å². The number of nitrogens with zero attached hydrogens (tertiary/aromatic N) is 1. The average molecular weight is 278 g/mol. The van der Waals surface area contributed by atoms with E-state index in [4.69, 9.17) is 22.1 Å². The van der Waals surface area contributed by atoms with Crippen LogP contribution in [0.1, 0.15) is 0 Å². The van der Waals surface area contributed by atoms with Gasteiger partial charge in [-0.1, -0.05) is 0 Å². The first-order valence-electron chi connectivity index (χ1n) is 3.90. The van der Waals surface area contributed by atoms with Crippen molar-refractivity contribution in [2.45, 2.75) is 0 Å². The van der Waals surface area contributed by atoms with Gasteiger partial charge in [0.15, 0.2) is 0 Å². The van der Waals surface area contributed by atoms with Crippen LogP contribution in [0.3, 0.4) is 0 Å². The van der Waals surface area contributed by atoms with Gasteiger partial charge >= 0.3 is 0 Å². The Bertz CT molecular complexity index is 355. The summed E-state index contributed by atoms with van der Waals surface area (Å²) in [4.78, 5) is 4.11. The minimum absolute atomic E-state index is 0.221. The molecule has 1 rings (SSSR count). The van der Waals surface area contributed by atoms with Gasteiger partial charge in [0.25, 0.3) is 0 Å². The van der Waals surface area contributed by atoms with E-state index in [1.165, 1.54) is 0 Å². The smallest absolute Gasteiger partial charge is 0.120 e. The van der Waals surface area contributed by atoms with Crippen molar-refractivity contribution in [1.29, 1.82) is 0 Å². The van der Waals surface area contributed by atoms with Crippen molar-refractivity contribution in [2.24, 2.45) is 10.7 Å². The van der Waals surface area contributed by atoms with Gasteiger partial charge in [-0.25, -0.2) is 4.99 Å². The standard InChI is InChI=1S/C9H10BrClN2O/c1-14-6-2-3-8(7(10)4-6)13-9(12)5-11/h2-4H,5H2,1H3,(H2,12,13). The molecule has 0 amide bonds. The lowest BCUT2D eigenvalue weighted by Crippen LogP contribution is -2.12. The van der Waals surface area contributed by atoms with E-state index in [1.807, 2.05) is 18.2 Å². The Morgan fingerprint density at radius 2 is 2.36 bits per heavy atom. The summed E-state index contributed by atoms with van der Waals surface area (Å²) in [6, 6.07) is 5.44. The Kier molecular flexibility index (Phi) is 4.22. The van der Waals surface area contributed by atoms with Crippen molar-refractivity contribution in [2.75, 3.05) is 13.0 Å². The second-order valence-electron chi connectivity index (χ2n) is 2.55. The summed E-state index contributed by atoms with van der Waals surface area (Å²) in [5.74, 6) is 1.37. The second-order valence-corrected chi connectivity index (χ2v) is 3.68. The number of ether oxygens (including phenoxy) is 1. The summed E-state index contributed by atoms with van der Waals surface area (Å²) >= 11 is 8.88. The molecule has 0 radical (unpaired) electrons. The highest BCUT2D eigenvalue weighted by Gasteiger charge is 2.00. The van der Waals surface area contributed by atoms with Crippen LogP contribution in [0.25, 0.3) is 0 Å². The van der Waals surface area contributed by atoms with Gasteiger partial charge in [-0.05, 0) is 34.1 Å². The van der Waals surface area contributed by atoms with Gasteiger partial charge in [0.2, 0.25) is 0 Å². The lowest BCUT2D eigenvalue weighted by Gasteiger charge is -2.03. The van der Waals surface area contributed by atoms with Gasteiger partial charge in [-0.3, -0.25) is 0 Å². The number of halogens is 2. The van der Waals surface area contributed by atoms with E-state index in [9.17, 15) is 0 Å². The van der Waals surface area contributed by atoms with E-state index >= 15 is 0 Å². The van der Waals surface area contributed by atoms with Crippen LogP contribution in [0.15, 0.2) is 27.7 Å². The molecule has 2 N–H and O–H groups in total. The van der Waals surface area contributed by atoms with E-state index in [1.54, 1.807) is 7.11 Å². The fourth-order valence-corrected chi connectivity index (χ4v) is 1.40. The number of hydrogen-bond donors (Lipinski definition) is 1. The molecule has 76 valence electrons. The molecular weight excluding hydrogens is 267 g/mol. The average Bonchev–Trinajstić information content (AvgIpc) is 2.20. The Labute approximate surface area is 96.0 Å². The maximum absolute atomic E-state index is 5.52. The van der Waals surface area contributed by atoms with Gasteiger partial charge in [-0.15, -0.1) is 11.6 Å². The number of nitrogens with two attached hydrogens (primary N) is 1. The largest absolute Gasteiger partial charge is 0.497 e. The van der Waals surface area contributed by atoms with E-state index in [0.717, 1.165) is 15.9 Å². The highest BCUT2D eigenvalue weighted by molar-refractivity contribution is 9.10. The van der Waals surface area contributed by atoms with Crippen molar-refractivity contribution < 1.29 is 4.74 Å². The molecule has 0 aromatic heterocycles. The van der Waals surface area contributed by atoms with Gasteiger partial charge < -0.3 is 10.5 Å². The van der Waals surface area contributed by atoms with Crippen LogP contribution in [-0.4, -0.2) is 18.8 Å². The maximum Gasteiger partial charge on any atom is 0.120 e. The van der Waals surface area contributed by atoms with Crippen molar-refractivity contribution in [1.82, 2.24) is 0 Å². The first-order chi connectivity index (χ1) is 6.67. The van der Waals surface area contributed by atoms with E-state index in [-0.39, 0.29) is 5.88 Å². The van der Waals surface area contributed by atoms with Crippen molar-refractivity contribution >= 4 is 39.1 Å². The Morgan fingerprint density at radius 1 is 1.64 bits per heavy atom. The minimum atomic E-state index is 0.221. The number of benzene rings is 1. The van der Waals surface area contributed by atoms with Crippen LogP contribution in [0.4, 0.5) is 5.69 Å². The number of hydrogen-bond acceptors (Lipinski definition) is 2. The van der Waals surface area contributed by atoms with Gasteiger partial charge in [0, 0.05) is 4.47 Å². The predicted octanol–water partition coefficient (Wildman–Crippen LogP) is 2.69. The van der Waals surface area contributed by atoms with Crippen LogP contribution in [0.5, 0.6) is 5.75 Å². The van der Waals surface area contributed by atoms with Gasteiger partial charge in [-0.2, -0.15) is 0 Å². The third-order valence-corrected chi connectivity index (χ3v) is 2.46. The summed E-state index contributed by atoms with van der Waals surface area (Å²) in [6.45, 7) is 0. The van der Waals surface area contributed by atoms with E-state index in [2.05, 4.69) is 20.9 Å². The predicted molar refractivity (Wildman–Crippen MR) is 62.7 cm³/mol. The molecule has 0 fully saturated rings. The molecule has 0 unspecified atom stereocenters. The zero-order valence-corrected chi connectivity index (χ0v) is 9.97. The fraction of sp³-hybridized carbons (Fsp3) is 0.222. The first-order valence-corrected chi connectivity index (χ1v) is 5.22. The molecule has 0 aliphatic carbocycles. The summed E-state index contributed by atoms with van der Waals surface area (Å²) in [7, 11) is 1.61. The Morgan fingerprint density at radius 3 is 2.86 bits per heavy atom. The number of methoxy groups -OCH3 is 1. The minimum Gasteiger partial charge on any atom is -0.497 e. The summed E-state index contributed by atoms with van der Waals surface area (Å²) in [5, 5.41) is 0. The molecule has 0 saturated heterocycles. The van der Waals surface area contributed by atoms with Crippen LogP contribution in [0, 0.1) is 0 Å². The molecule has 0 spiro atoms. The SMILES string of the molecule is COc1ccc(N=C(N)CCl)c(Br)c1. The van der Waals surface area contributed by atoms with Gasteiger partial charge in [0.1, 0.15) is 11.6 Å². The lowest BCUT2D eigenvalue weighted by molar-refractivity contribution is 0.414. The quantitative estimate of drug-likeness (QED) is 0.524. The number of amidine groups is 1. The van der Waals surface area contributed by atoms with Crippen molar-refractivity contribution in [3.63, 3.8) is 0 Å². The monoisotopic (exact) mass is 276 g/mol. The Hall–Kier alpha value is -0.740. The molecule has 0 bridgehead atoms. The molecule has 14 heavy (non-hydrogen) atoms. The molecule has 0 heterocycles. The second kappa shape index (κ2) is 5.22.